The molecule has 0 aromatic heterocycles. The maximum atomic E-state index is 10.5. The zero-order valence-corrected chi connectivity index (χ0v) is 14.5. The van der Waals surface area contributed by atoms with Crippen LogP contribution < -0.4 is 0 Å². The Morgan fingerprint density at radius 3 is 2.24 bits per heavy atom. The number of thioether (sulfide) groups is 1. The summed E-state index contributed by atoms with van der Waals surface area (Å²) in [5, 5.41) is 29.8. The molecule has 5 atom stereocenters. The Balaban J connectivity index is 1.76. The molecule has 0 bridgehead atoms. The lowest BCUT2D eigenvalue weighted by Crippen LogP contribution is -2.58. The summed E-state index contributed by atoms with van der Waals surface area (Å²) in [6.07, 6.45) is -3.72. The molecule has 1 aliphatic rings. The average molecular weight is 362 g/mol. The van der Waals surface area contributed by atoms with Crippen molar-refractivity contribution in [1.29, 1.82) is 0 Å². The molecular formula is C19H22O5S. The first-order chi connectivity index (χ1) is 12.2. The minimum absolute atomic E-state index is 0.305. The lowest BCUT2D eigenvalue weighted by Gasteiger charge is -2.42. The molecule has 25 heavy (non-hydrogen) atoms. The van der Waals surface area contributed by atoms with Crippen LogP contribution in [0.1, 0.15) is 5.56 Å². The highest BCUT2D eigenvalue weighted by Gasteiger charge is 2.45. The van der Waals surface area contributed by atoms with Crippen molar-refractivity contribution < 1.29 is 24.8 Å². The van der Waals surface area contributed by atoms with Crippen molar-refractivity contribution in [2.24, 2.45) is 0 Å². The molecule has 1 heterocycles. The van der Waals surface area contributed by atoms with Crippen LogP contribution in [0.5, 0.6) is 0 Å². The van der Waals surface area contributed by atoms with Gasteiger partial charge in [0.1, 0.15) is 18.3 Å². The second-order valence-corrected chi connectivity index (χ2v) is 7.15. The Hall–Kier alpha value is -1.41. The van der Waals surface area contributed by atoms with Crippen LogP contribution in [0.3, 0.4) is 0 Å². The molecule has 1 aliphatic heterocycles. The third-order valence-electron chi connectivity index (χ3n) is 4.12. The normalized spacial score (nSPS) is 29.5. The Morgan fingerprint density at radius 2 is 1.60 bits per heavy atom. The second-order valence-electron chi connectivity index (χ2n) is 5.90. The van der Waals surface area contributed by atoms with Gasteiger partial charge < -0.3 is 24.8 Å². The van der Waals surface area contributed by atoms with Gasteiger partial charge in [0, 0.05) is 4.90 Å². The van der Waals surface area contributed by atoms with E-state index in [0.717, 1.165) is 10.5 Å². The Morgan fingerprint density at radius 1 is 0.960 bits per heavy atom. The van der Waals surface area contributed by atoms with Crippen LogP contribution in [-0.2, 0) is 16.1 Å². The standard InChI is InChI=1S/C19H22O5S/c20-11-15-16(21)17(23-12-13-7-3-1-4-8-13)18(19(22)24-15)25-14-9-5-2-6-10-14/h1-10,15-22H,11-12H2/t15-,16-,17-,18+,19+/m1/s1. The predicted molar refractivity (Wildman–Crippen MR) is 95.1 cm³/mol. The number of rotatable bonds is 6. The number of aliphatic hydroxyl groups is 3. The first-order valence-corrected chi connectivity index (χ1v) is 9.06. The fourth-order valence-electron chi connectivity index (χ4n) is 2.80. The summed E-state index contributed by atoms with van der Waals surface area (Å²) < 4.78 is 11.3. The van der Waals surface area contributed by atoms with Crippen molar-refractivity contribution in [2.45, 2.75) is 41.4 Å². The van der Waals surface area contributed by atoms with Gasteiger partial charge in [0.15, 0.2) is 6.29 Å². The van der Waals surface area contributed by atoms with Gasteiger partial charge in [-0.1, -0.05) is 48.5 Å². The molecule has 134 valence electrons. The summed E-state index contributed by atoms with van der Waals surface area (Å²) in [6.45, 7) is -0.0779. The summed E-state index contributed by atoms with van der Waals surface area (Å²) in [4.78, 5) is 0.943. The van der Waals surface area contributed by atoms with Gasteiger partial charge in [-0.05, 0) is 17.7 Å². The van der Waals surface area contributed by atoms with Crippen molar-refractivity contribution in [1.82, 2.24) is 0 Å². The summed E-state index contributed by atoms with van der Waals surface area (Å²) in [6, 6.07) is 19.2. The minimum Gasteiger partial charge on any atom is -0.394 e. The predicted octanol–water partition coefficient (Wildman–Crippen LogP) is 1.80. The third-order valence-corrected chi connectivity index (χ3v) is 5.43. The van der Waals surface area contributed by atoms with E-state index in [1.165, 1.54) is 11.8 Å². The Labute approximate surface area is 151 Å². The first-order valence-electron chi connectivity index (χ1n) is 8.18. The van der Waals surface area contributed by atoms with E-state index in [9.17, 15) is 15.3 Å². The van der Waals surface area contributed by atoms with Crippen LogP contribution in [0, 0.1) is 0 Å². The fourth-order valence-corrected chi connectivity index (χ4v) is 3.98. The van der Waals surface area contributed by atoms with Crippen LogP contribution >= 0.6 is 11.8 Å². The van der Waals surface area contributed by atoms with E-state index in [1.807, 2.05) is 60.7 Å². The smallest absolute Gasteiger partial charge is 0.170 e. The van der Waals surface area contributed by atoms with Crippen LogP contribution in [0.4, 0.5) is 0 Å². The molecule has 0 radical (unpaired) electrons. The maximum Gasteiger partial charge on any atom is 0.170 e. The zero-order chi connectivity index (χ0) is 17.6. The fraction of sp³-hybridized carbons (Fsp3) is 0.368. The summed E-state index contributed by atoms with van der Waals surface area (Å²) in [7, 11) is 0. The van der Waals surface area contributed by atoms with Gasteiger partial charge in [-0.15, -0.1) is 11.8 Å². The van der Waals surface area contributed by atoms with E-state index in [0.29, 0.717) is 6.61 Å². The van der Waals surface area contributed by atoms with Crippen LogP contribution in [0.25, 0.3) is 0 Å². The SMILES string of the molecule is OC[C@H]1O[C@H](O)[C@@H](Sc2ccccc2)[C@H](OCc2ccccc2)[C@@H]1O. The van der Waals surface area contributed by atoms with Crippen LogP contribution in [0.2, 0.25) is 0 Å². The van der Waals surface area contributed by atoms with E-state index in [2.05, 4.69) is 0 Å². The molecule has 2 aromatic carbocycles. The summed E-state index contributed by atoms with van der Waals surface area (Å²) in [5.41, 5.74) is 0.972. The molecule has 3 rings (SSSR count). The number of hydrogen-bond donors (Lipinski definition) is 3. The molecule has 0 amide bonds. The number of ether oxygens (including phenoxy) is 2. The molecule has 0 aliphatic carbocycles. The van der Waals surface area contributed by atoms with Crippen molar-refractivity contribution in [3.05, 3.63) is 66.2 Å². The summed E-state index contributed by atoms with van der Waals surface area (Å²) >= 11 is 1.39. The second kappa shape index (κ2) is 8.80. The Bertz CT molecular complexity index is 639. The highest BCUT2D eigenvalue weighted by Crippen LogP contribution is 2.35. The van der Waals surface area contributed by atoms with E-state index in [1.54, 1.807) is 0 Å². The molecule has 1 saturated heterocycles. The van der Waals surface area contributed by atoms with E-state index in [4.69, 9.17) is 9.47 Å². The third kappa shape index (κ3) is 4.61. The van der Waals surface area contributed by atoms with Gasteiger partial charge in [0.2, 0.25) is 0 Å². The molecular weight excluding hydrogens is 340 g/mol. The van der Waals surface area contributed by atoms with Gasteiger partial charge in [-0.3, -0.25) is 0 Å². The van der Waals surface area contributed by atoms with Crippen molar-refractivity contribution in [2.75, 3.05) is 6.61 Å². The highest BCUT2D eigenvalue weighted by atomic mass is 32.2. The van der Waals surface area contributed by atoms with Crippen LogP contribution in [0.15, 0.2) is 65.6 Å². The van der Waals surface area contributed by atoms with Gasteiger partial charge >= 0.3 is 0 Å². The highest BCUT2D eigenvalue weighted by molar-refractivity contribution is 8.00. The molecule has 3 N–H and O–H groups in total. The maximum absolute atomic E-state index is 10.5. The summed E-state index contributed by atoms with van der Waals surface area (Å²) in [5.74, 6) is 0. The average Bonchev–Trinajstić information content (AvgIpc) is 2.65. The molecule has 6 heteroatoms. The van der Waals surface area contributed by atoms with Gasteiger partial charge in [-0.2, -0.15) is 0 Å². The number of hydrogen-bond acceptors (Lipinski definition) is 6. The number of aliphatic hydroxyl groups excluding tert-OH is 3. The molecule has 5 nitrogen and oxygen atoms in total. The molecule has 1 fully saturated rings. The topological polar surface area (TPSA) is 79.2 Å². The van der Waals surface area contributed by atoms with E-state index in [-0.39, 0.29) is 6.61 Å². The van der Waals surface area contributed by atoms with Gasteiger partial charge in [0.05, 0.1) is 18.5 Å². The van der Waals surface area contributed by atoms with Crippen molar-refractivity contribution in [3.8, 4) is 0 Å². The molecule has 2 aromatic rings. The zero-order valence-electron chi connectivity index (χ0n) is 13.6. The van der Waals surface area contributed by atoms with Crippen molar-refractivity contribution in [3.63, 3.8) is 0 Å². The van der Waals surface area contributed by atoms with E-state index >= 15 is 0 Å². The molecule has 0 spiro atoms. The monoisotopic (exact) mass is 362 g/mol. The van der Waals surface area contributed by atoms with E-state index < -0.39 is 29.9 Å². The van der Waals surface area contributed by atoms with Gasteiger partial charge in [0.25, 0.3) is 0 Å². The molecule has 0 saturated carbocycles. The lowest BCUT2D eigenvalue weighted by atomic mass is 10.0. The minimum atomic E-state index is -1.15. The lowest BCUT2D eigenvalue weighted by molar-refractivity contribution is -0.245. The first kappa shape index (κ1) is 18.4. The Kier molecular flexibility index (Phi) is 6.47. The van der Waals surface area contributed by atoms with Gasteiger partial charge in [-0.25, -0.2) is 0 Å². The van der Waals surface area contributed by atoms with Crippen molar-refractivity contribution >= 4 is 11.8 Å². The quantitative estimate of drug-likeness (QED) is 0.727. The van der Waals surface area contributed by atoms with Crippen LogP contribution in [-0.4, -0.2) is 51.8 Å². The largest absolute Gasteiger partial charge is 0.394 e. The molecule has 0 unspecified atom stereocenters. The number of benzene rings is 2.